The van der Waals surface area contributed by atoms with Gasteiger partial charge in [0.25, 0.3) is 6.43 Å². The third-order valence-corrected chi connectivity index (χ3v) is 3.74. The van der Waals surface area contributed by atoms with Crippen molar-refractivity contribution in [2.24, 2.45) is 0 Å². The van der Waals surface area contributed by atoms with E-state index in [1.165, 1.54) is 6.07 Å². The molecule has 0 fully saturated rings. The Morgan fingerprint density at radius 3 is 2.60 bits per heavy atom. The first-order chi connectivity index (χ1) is 9.36. The van der Waals surface area contributed by atoms with Crippen LogP contribution in [0.2, 0.25) is 0 Å². The van der Waals surface area contributed by atoms with Crippen molar-refractivity contribution >= 4 is 10.0 Å². The fourth-order valence-corrected chi connectivity index (χ4v) is 2.43. The molecule has 0 aromatic heterocycles. The van der Waals surface area contributed by atoms with Crippen LogP contribution in [0.4, 0.5) is 13.2 Å². The van der Waals surface area contributed by atoms with Gasteiger partial charge >= 0.3 is 0 Å². The Kier molecular flexibility index (Phi) is 6.40. The molecule has 2 N–H and O–H groups in total. The highest BCUT2D eigenvalue weighted by molar-refractivity contribution is 7.89. The lowest BCUT2D eigenvalue weighted by Crippen LogP contribution is -2.28. The van der Waals surface area contributed by atoms with Gasteiger partial charge in [0, 0.05) is 6.54 Å². The van der Waals surface area contributed by atoms with E-state index < -0.39 is 40.4 Å². The Hall–Kier alpha value is -1.16. The molecule has 0 aliphatic rings. The summed E-state index contributed by atoms with van der Waals surface area (Å²) in [5, 5.41) is 8.79. The highest BCUT2D eigenvalue weighted by atomic mass is 32.2. The number of sulfonamides is 1. The van der Waals surface area contributed by atoms with E-state index in [0.717, 1.165) is 12.1 Å². The number of halogens is 3. The summed E-state index contributed by atoms with van der Waals surface area (Å²) in [4.78, 5) is -0.580. The van der Waals surface area contributed by atoms with Crippen molar-refractivity contribution < 1.29 is 31.4 Å². The number of ether oxygens (including phenoxy) is 1. The summed E-state index contributed by atoms with van der Waals surface area (Å²) >= 11 is 0. The number of rotatable bonds is 8. The third kappa shape index (κ3) is 5.08. The smallest absolute Gasteiger partial charge is 0.261 e. The predicted octanol–water partition coefficient (Wildman–Crippen LogP) is 0.878. The maximum absolute atomic E-state index is 13.6. The average Bonchev–Trinajstić information content (AvgIpc) is 2.37. The Morgan fingerprint density at radius 1 is 1.35 bits per heavy atom. The van der Waals surface area contributed by atoms with Gasteiger partial charge in [0.1, 0.15) is 17.3 Å². The number of hydrogen-bond donors (Lipinski definition) is 2. The SMILES string of the molecule is O=S(=O)(NCCOCC(F)F)c1ccc(CO)cc1F. The van der Waals surface area contributed by atoms with Crippen LogP contribution in [-0.4, -0.2) is 39.7 Å². The van der Waals surface area contributed by atoms with Crippen LogP contribution < -0.4 is 4.72 Å². The number of hydrogen-bond acceptors (Lipinski definition) is 4. The van der Waals surface area contributed by atoms with Crippen LogP contribution in [0.5, 0.6) is 0 Å². The second kappa shape index (κ2) is 7.58. The highest BCUT2D eigenvalue weighted by Gasteiger charge is 2.18. The molecule has 0 saturated carbocycles. The van der Waals surface area contributed by atoms with E-state index in [1.54, 1.807) is 0 Å². The van der Waals surface area contributed by atoms with Crippen molar-refractivity contribution in [2.45, 2.75) is 17.9 Å². The Labute approximate surface area is 114 Å². The molecule has 0 aliphatic carbocycles. The molecule has 0 saturated heterocycles. The first-order valence-electron chi connectivity index (χ1n) is 5.61. The van der Waals surface area contributed by atoms with E-state index in [1.807, 2.05) is 4.72 Å². The van der Waals surface area contributed by atoms with Crippen LogP contribution in [0.25, 0.3) is 0 Å². The van der Waals surface area contributed by atoms with Gasteiger partial charge in [0.05, 0.1) is 13.2 Å². The predicted molar refractivity (Wildman–Crippen MR) is 64.3 cm³/mol. The molecule has 0 amide bonds. The van der Waals surface area contributed by atoms with Gasteiger partial charge in [-0.25, -0.2) is 26.3 Å². The van der Waals surface area contributed by atoms with E-state index in [0.29, 0.717) is 0 Å². The third-order valence-electron chi connectivity index (χ3n) is 2.25. The minimum atomic E-state index is -4.09. The quantitative estimate of drug-likeness (QED) is 0.699. The van der Waals surface area contributed by atoms with Gasteiger partial charge in [-0.1, -0.05) is 6.07 Å². The van der Waals surface area contributed by atoms with Crippen molar-refractivity contribution in [3.63, 3.8) is 0 Å². The van der Waals surface area contributed by atoms with Gasteiger partial charge in [0.2, 0.25) is 10.0 Å². The molecule has 0 heterocycles. The molecule has 114 valence electrons. The Balaban J connectivity index is 2.60. The molecule has 0 bridgehead atoms. The summed E-state index contributed by atoms with van der Waals surface area (Å²) in [6, 6.07) is 3.19. The minimum absolute atomic E-state index is 0.238. The van der Waals surface area contributed by atoms with E-state index >= 15 is 0 Å². The highest BCUT2D eigenvalue weighted by Crippen LogP contribution is 2.15. The summed E-state index contributed by atoms with van der Waals surface area (Å²) < 4.78 is 67.0. The molecule has 1 rings (SSSR count). The monoisotopic (exact) mass is 313 g/mol. The molecule has 0 spiro atoms. The fourth-order valence-electron chi connectivity index (χ4n) is 1.36. The second-order valence-corrected chi connectivity index (χ2v) is 5.52. The number of aliphatic hydroxyl groups excluding tert-OH is 1. The molecule has 1 aromatic rings. The Morgan fingerprint density at radius 2 is 2.05 bits per heavy atom. The number of aliphatic hydroxyl groups is 1. The molecule has 0 aliphatic heterocycles. The van der Waals surface area contributed by atoms with Crippen molar-refractivity contribution in [2.75, 3.05) is 19.8 Å². The summed E-state index contributed by atoms with van der Waals surface area (Å²) in [5.74, 6) is -1.00. The number of alkyl halides is 2. The molecule has 20 heavy (non-hydrogen) atoms. The van der Waals surface area contributed by atoms with Gasteiger partial charge in [-0.2, -0.15) is 0 Å². The van der Waals surface area contributed by atoms with Crippen LogP contribution in [0.1, 0.15) is 5.56 Å². The zero-order valence-electron chi connectivity index (χ0n) is 10.4. The maximum Gasteiger partial charge on any atom is 0.261 e. The van der Waals surface area contributed by atoms with E-state index in [2.05, 4.69) is 4.74 Å². The largest absolute Gasteiger partial charge is 0.392 e. The van der Waals surface area contributed by atoms with Crippen LogP contribution in [0.3, 0.4) is 0 Å². The summed E-state index contributed by atoms with van der Waals surface area (Å²) in [7, 11) is -4.09. The molecule has 0 radical (unpaired) electrons. The summed E-state index contributed by atoms with van der Waals surface area (Å²) in [6.45, 7) is -1.70. The zero-order chi connectivity index (χ0) is 15.2. The maximum atomic E-state index is 13.6. The van der Waals surface area contributed by atoms with Gasteiger partial charge < -0.3 is 9.84 Å². The van der Waals surface area contributed by atoms with Gasteiger partial charge in [-0.15, -0.1) is 0 Å². The lowest BCUT2D eigenvalue weighted by atomic mass is 10.2. The van der Waals surface area contributed by atoms with Crippen molar-refractivity contribution in [1.29, 1.82) is 0 Å². The van der Waals surface area contributed by atoms with E-state index in [9.17, 15) is 21.6 Å². The topological polar surface area (TPSA) is 75.6 Å². The lowest BCUT2D eigenvalue weighted by molar-refractivity contribution is 0.0199. The van der Waals surface area contributed by atoms with E-state index in [4.69, 9.17) is 5.11 Å². The molecule has 1 aromatic carbocycles. The Bertz CT molecular complexity index is 536. The van der Waals surface area contributed by atoms with Gasteiger partial charge in [-0.3, -0.25) is 0 Å². The van der Waals surface area contributed by atoms with Crippen molar-refractivity contribution in [3.05, 3.63) is 29.6 Å². The van der Waals surface area contributed by atoms with E-state index in [-0.39, 0.29) is 18.7 Å². The number of benzene rings is 1. The van der Waals surface area contributed by atoms with Crippen molar-refractivity contribution in [3.8, 4) is 0 Å². The van der Waals surface area contributed by atoms with Crippen LogP contribution in [-0.2, 0) is 21.4 Å². The van der Waals surface area contributed by atoms with Crippen LogP contribution in [0.15, 0.2) is 23.1 Å². The van der Waals surface area contributed by atoms with Crippen LogP contribution >= 0.6 is 0 Å². The molecule has 9 heteroatoms. The van der Waals surface area contributed by atoms with Gasteiger partial charge in [0.15, 0.2) is 0 Å². The minimum Gasteiger partial charge on any atom is -0.392 e. The van der Waals surface area contributed by atoms with Crippen molar-refractivity contribution in [1.82, 2.24) is 4.72 Å². The normalized spacial score (nSPS) is 12.1. The van der Waals surface area contributed by atoms with Crippen LogP contribution in [0, 0.1) is 5.82 Å². The standard InChI is InChI=1S/C11H14F3NO4S/c12-9-5-8(6-16)1-2-10(9)20(17,18)15-3-4-19-7-11(13)14/h1-2,5,11,15-16H,3-4,6-7H2. The fraction of sp³-hybridized carbons (Fsp3) is 0.455. The first kappa shape index (κ1) is 16.9. The molecule has 0 atom stereocenters. The molecular weight excluding hydrogens is 299 g/mol. The zero-order valence-corrected chi connectivity index (χ0v) is 11.2. The lowest BCUT2D eigenvalue weighted by Gasteiger charge is -2.09. The van der Waals surface area contributed by atoms with Gasteiger partial charge in [-0.05, 0) is 17.7 Å². The molecule has 5 nitrogen and oxygen atoms in total. The first-order valence-corrected chi connectivity index (χ1v) is 7.10. The number of nitrogens with one attached hydrogen (secondary N) is 1. The second-order valence-electron chi connectivity index (χ2n) is 3.79. The molecule has 0 unspecified atom stereocenters. The average molecular weight is 313 g/mol. The molecular formula is C11H14F3NO4S. The summed E-state index contributed by atoms with van der Waals surface area (Å²) in [6.07, 6.45) is -2.63. The summed E-state index contributed by atoms with van der Waals surface area (Å²) in [5.41, 5.74) is 0.238.